The number of carboxylic acid groups (broad SMARTS) is 2. The molecule has 33 nitrogen and oxygen atoms in total. The van der Waals surface area contributed by atoms with E-state index in [2.05, 4.69) is 52.5 Å². The molecule has 33 heteroatoms. The van der Waals surface area contributed by atoms with Crippen LogP contribution in [-0.2, 0) is 57.5 Å². The first-order valence-electron chi connectivity index (χ1n) is 27.2. The van der Waals surface area contributed by atoms with Gasteiger partial charge < -0.3 is 102 Å². The Morgan fingerprint density at radius 2 is 1.04 bits per heavy atom. The van der Waals surface area contributed by atoms with E-state index in [4.69, 9.17) is 39.5 Å². The number of aliphatic hydroxyl groups excluding tert-OH is 1. The summed E-state index contributed by atoms with van der Waals surface area (Å²) in [5.74, 6) is -12.8. The Labute approximate surface area is 474 Å². The van der Waals surface area contributed by atoms with E-state index in [0.29, 0.717) is 38.6 Å². The van der Waals surface area contributed by atoms with Crippen LogP contribution in [0.5, 0.6) is 0 Å². The van der Waals surface area contributed by atoms with Crippen LogP contribution in [0.1, 0.15) is 105 Å². The number of aliphatic hydroxyl groups is 1. The van der Waals surface area contributed by atoms with Crippen molar-refractivity contribution in [2.75, 3.05) is 52.4 Å². The molecule has 462 valence electrons. The number of aliphatic carboxylic acids is 2. The average molecular weight is 1170 g/mol. The van der Waals surface area contributed by atoms with Crippen LogP contribution in [0, 0.1) is 11.8 Å². The van der Waals surface area contributed by atoms with Crippen LogP contribution in [0.15, 0.2) is 9.98 Å². The van der Waals surface area contributed by atoms with Gasteiger partial charge in [-0.25, -0.2) is 0 Å². The number of carbonyl (C=O) groups excluding carboxylic acids is 10. The van der Waals surface area contributed by atoms with Crippen LogP contribution in [0.4, 0.5) is 0 Å². The molecule has 0 aromatic rings. The largest absolute Gasteiger partial charge is 0.481 e. The van der Waals surface area contributed by atoms with Gasteiger partial charge >= 0.3 is 11.9 Å². The predicted molar refractivity (Wildman–Crippen MR) is 294 cm³/mol. The Bertz CT molecular complexity index is 2300. The molecule has 0 aromatic carbocycles. The fourth-order valence-electron chi connectivity index (χ4n) is 8.91. The van der Waals surface area contributed by atoms with Gasteiger partial charge in [0.25, 0.3) is 0 Å². The molecule has 23 N–H and O–H groups in total. The molecule has 0 aromatic heterocycles. The van der Waals surface area contributed by atoms with E-state index in [0.717, 1.165) is 4.90 Å². The van der Waals surface area contributed by atoms with E-state index in [9.17, 15) is 67.7 Å². The minimum Gasteiger partial charge on any atom is -0.481 e. The average Bonchev–Trinajstić information content (AvgIpc) is 4.31. The van der Waals surface area contributed by atoms with E-state index in [1.165, 1.54) is 4.90 Å². The fraction of sp³-hybridized carbons (Fsp3) is 0.714. The summed E-state index contributed by atoms with van der Waals surface area (Å²) in [5.41, 5.74) is 33.5. The van der Waals surface area contributed by atoms with E-state index >= 15 is 0 Å². The number of rotatable bonds is 36. The Morgan fingerprint density at radius 3 is 1.55 bits per heavy atom. The Hall–Kier alpha value is -7.94. The first-order valence-corrected chi connectivity index (χ1v) is 27.2. The number of guanidine groups is 2. The van der Waals surface area contributed by atoms with E-state index in [-0.39, 0.29) is 76.6 Å². The SMILES string of the molecule is CC(C)[C@H](NC(=O)[C@H](CC(=O)O)NC(=O)[C@@H]1CCCN1C(=O)[C@@H](NC(=O)CNC(=O)[C@H](CO)NC(=O)[C@H](CCCN=C(N)N)NC(=O)[C@@H]1CCCN1C(=O)[C@H](CCCCN)NC(=O)[C@@H](N)CCCN=C(N)N)C(C)C)C(=O)NCC(=O)O. The molecular formula is C49H86N18O15. The van der Waals surface area contributed by atoms with Crippen LogP contribution >= 0.6 is 0 Å². The lowest BCUT2D eigenvalue weighted by molar-refractivity contribution is -0.144. The maximum absolute atomic E-state index is 14.1. The van der Waals surface area contributed by atoms with Crippen molar-refractivity contribution in [3.05, 3.63) is 0 Å². The highest BCUT2D eigenvalue weighted by atomic mass is 16.4. The zero-order chi connectivity index (χ0) is 61.8. The summed E-state index contributed by atoms with van der Waals surface area (Å²) in [6.45, 7) is 4.45. The lowest BCUT2D eigenvalue weighted by atomic mass is 10.0. The minimum absolute atomic E-state index is 0.0167. The quantitative estimate of drug-likeness (QED) is 0.0157. The van der Waals surface area contributed by atoms with Gasteiger partial charge in [0.1, 0.15) is 54.9 Å². The number of unbranched alkanes of at least 4 members (excludes halogenated alkanes) is 1. The van der Waals surface area contributed by atoms with Crippen molar-refractivity contribution in [1.82, 2.24) is 52.3 Å². The summed E-state index contributed by atoms with van der Waals surface area (Å²) in [6.07, 6.45) is 1.80. The number of nitrogens with one attached hydrogen (secondary N) is 8. The fourth-order valence-corrected chi connectivity index (χ4v) is 8.91. The van der Waals surface area contributed by atoms with E-state index in [1.807, 2.05) is 0 Å². The summed E-state index contributed by atoms with van der Waals surface area (Å²) in [4.78, 5) is 169. The van der Waals surface area contributed by atoms with Crippen molar-refractivity contribution in [1.29, 1.82) is 0 Å². The predicted octanol–water partition coefficient (Wildman–Crippen LogP) is -7.46. The molecule has 0 radical (unpaired) electrons. The van der Waals surface area contributed by atoms with Crippen molar-refractivity contribution in [2.24, 2.45) is 56.2 Å². The van der Waals surface area contributed by atoms with Gasteiger partial charge in [0, 0.05) is 26.2 Å². The normalized spacial score (nSPS) is 17.3. The molecule has 0 aliphatic carbocycles. The van der Waals surface area contributed by atoms with Crippen molar-refractivity contribution >= 4 is 82.9 Å². The summed E-state index contributed by atoms with van der Waals surface area (Å²) < 4.78 is 0. The maximum Gasteiger partial charge on any atom is 0.322 e. The highest BCUT2D eigenvalue weighted by Crippen LogP contribution is 2.23. The number of carboxylic acids is 2. The third-order valence-electron chi connectivity index (χ3n) is 13.3. The Morgan fingerprint density at radius 1 is 0.537 bits per heavy atom. The third kappa shape index (κ3) is 24.0. The minimum atomic E-state index is -1.74. The molecule has 2 heterocycles. The second-order valence-corrected chi connectivity index (χ2v) is 20.5. The molecule has 2 aliphatic heterocycles. The molecule has 0 unspecified atom stereocenters. The number of nitrogens with zero attached hydrogens (tertiary/aromatic N) is 4. The van der Waals surface area contributed by atoms with Gasteiger partial charge in [-0.3, -0.25) is 67.5 Å². The van der Waals surface area contributed by atoms with Gasteiger partial charge in [0.15, 0.2) is 11.9 Å². The maximum atomic E-state index is 14.1. The zero-order valence-electron chi connectivity index (χ0n) is 47.0. The van der Waals surface area contributed by atoms with Crippen molar-refractivity contribution in [3.63, 3.8) is 0 Å². The summed E-state index contributed by atoms with van der Waals surface area (Å²) >= 11 is 0. The molecule has 0 bridgehead atoms. The highest BCUT2D eigenvalue weighted by molar-refractivity contribution is 5.99. The molecule has 0 spiro atoms. The van der Waals surface area contributed by atoms with Crippen LogP contribution in [-0.4, -0.2) is 215 Å². The molecule has 2 fully saturated rings. The topological polar surface area (TPSA) is 549 Å². The van der Waals surface area contributed by atoms with Crippen LogP contribution in [0.3, 0.4) is 0 Å². The molecule has 2 rings (SSSR count). The summed E-state index contributed by atoms with van der Waals surface area (Å²) in [6, 6.07) is -11.8. The van der Waals surface area contributed by atoms with E-state index in [1.54, 1.807) is 27.7 Å². The number of amides is 10. The number of aliphatic imine (C=N–C) groups is 2. The zero-order valence-corrected chi connectivity index (χ0v) is 47.0. The van der Waals surface area contributed by atoms with Crippen molar-refractivity contribution < 1.29 is 72.9 Å². The molecule has 82 heavy (non-hydrogen) atoms. The first kappa shape index (κ1) is 70.2. The number of hydrogen-bond acceptors (Lipinski definition) is 17. The Balaban J connectivity index is 2.20. The van der Waals surface area contributed by atoms with Gasteiger partial charge in [-0.2, -0.15) is 0 Å². The third-order valence-corrected chi connectivity index (χ3v) is 13.3. The Kier molecular flexibility index (Phi) is 30.6. The number of likely N-dealkylation sites (tertiary alicyclic amines) is 2. The molecule has 10 amide bonds. The van der Waals surface area contributed by atoms with Gasteiger partial charge in [0.2, 0.25) is 59.1 Å². The summed E-state index contributed by atoms with van der Waals surface area (Å²) in [7, 11) is 0. The lowest BCUT2D eigenvalue weighted by Gasteiger charge is -2.31. The number of nitrogens with two attached hydrogens (primary N) is 6. The molecule has 2 aliphatic rings. The van der Waals surface area contributed by atoms with Gasteiger partial charge in [-0.05, 0) is 89.0 Å². The van der Waals surface area contributed by atoms with Gasteiger partial charge in [0.05, 0.1) is 25.6 Å². The number of hydrogen-bond donors (Lipinski definition) is 17. The highest BCUT2D eigenvalue weighted by Gasteiger charge is 2.42. The second kappa shape index (κ2) is 35.7. The smallest absolute Gasteiger partial charge is 0.322 e. The molecular weight excluding hydrogens is 1080 g/mol. The monoisotopic (exact) mass is 1170 g/mol. The van der Waals surface area contributed by atoms with Gasteiger partial charge in [-0.1, -0.05) is 27.7 Å². The molecule has 0 saturated carbocycles. The van der Waals surface area contributed by atoms with Crippen LogP contribution in [0.2, 0.25) is 0 Å². The number of carbonyl (C=O) groups is 12. The summed E-state index contributed by atoms with van der Waals surface area (Å²) in [5, 5.41) is 48.2. The van der Waals surface area contributed by atoms with Crippen LogP contribution in [0.25, 0.3) is 0 Å². The lowest BCUT2D eigenvalue weighted by Crippen LogP contribution is -2.60. The molecule has 9 atom stereocenters. The van der Waals surface area contributed by atoms with Crippen molar-refractivity contribution in [2.45, 2.75) is 159 Å². The second-order valence-electron chi connectivity index (χ2n) is 20.5. The van der Waals surface area contributed by atoms with Crippen LogP contribution < -0.4 is 76.9 Å². The molecule has 2 saturated heterocycles. The first-order chi connectivity index (χ1) is 38.6. The van der Waals surface area contributed by atoms with Gasteiger partial charge in [-0.15, -0.1) is 0 Å². The van der Waals surface area contributed by atoms with E-state index < -0.39 is 163 Å². The van der Waals surface area contributed by atoms with Crippen molar-refractivity contribution in [3.8, 4) is 0 Å². The standard InChI is InChI=1S/C49H86N18O15/c1-25(2)37(45(80)59-23-36(72)73)65-42(77)30(21-35(70)71)62-44(79)33-15-10-20-67(33)47(82)38(26(3)4)64-34(69)22-58-40(75)31(24-68)63-41(76)28(13-8-18-57-49(54)55)60-43(78)32-14-9-19-66(32)46(81)29(12-5-6-16-50)61-39(74)27(51)11-7-17-56-48(52)53/h25-33,37-38,68H,5-24,50-51H2,1-4H3,(H,58,75)(H,59,80)(H,60,78)(H,61,74)(H,62,79)(H,63,76)(H,64,69)(H,65,77)(H,70,71)(H,72,73)(H4,52,53,56)(H4,54,55,57)/t27-,28-,29-,30-,31-,32-,33-,37-,38-/m0/s1.